The van der Waals surface area contributed by atoms with Crippen molar-refractivity contribution in [3.05, 3.63) is 0 Å². The van der Waals surface area contributed by atoms with E-state index in [0.29, 0.717) is 11.1 Å². The third kappa shape index (κ3) is 1.75. The number of ether oxygens (including phenoxy) is 1. The van der Waals surface area contributed by atoms with Gasteiger partial charge in [-0.1, -0.05) is 0 Å². The first-order valence-electron chi connectivity index (χ1n) is 5.41. The molecule has 2 fully saturated rings. The largest absolute Gasteiger partial charge is 0.375 e. The molecule has 0 atom stereocenters. The van der Waals surface area contributed by atoms with Crippen molar-refractivity contribution < 1.29 is 4.74 Å². The van der Waals surface area contributed by atoms with Gasteiger partial charge >= 0.3 is 0 Å². The molecule has 0 N–H and O–H groups in total. The van der Waals surface area contributed by atoms with Crippen LogP contribution in [0.1, 0.15) is 40.0 Å². The fraction of sp³-hybridized carbons (Fsp3) is 1.00. The van der Waals surface area contributed by atoms with Gasteiger partial charge in [0, 0.05) is 18.6 Å². The molecule has 0 saturated carbocycles. The van der Waals surface area contributed by atoms with E-state index >= 15 is 0 Å². The van der Waals surface area contributed by atoms with E-state index in [0.717, 1.165) is 6.61 Å². The van der Waals surface area contributed by atoms with Crippen molar-refractivity contribution in [2.45, 2.75) is 51.2 Å². The smallest absolute Gasteiger partial charge is 0.0728 e. The first kappa shape index (κ1) is 9.47. The Bertz CT molecular complexity index is 181. The van der Waals surface area contributed by atoms with Crippen LogP contribution in [0, 0.1) is 0 Å². The van der Waals surface area contributed by atoms with Crippen LogP contribution in [-0.4, -0.2) is 35.7 Å². The molecule has 0 aliphatic carbocycles. The van der Waals surface area contributed by atoms with Gasteiger partial charge in [-0.05, 0) is 40.0 Å². The molecule has 2 nitrogen and oxygen atoms in total. The highest BCUT2D eigenvalue weighted by Crippen LogP contribution is 2.38. The predicted molar refractivity (Wildman–Crippen MR) is 53.9 cm³/mol. The van der Waals surface area contributed by atoms with E-state index in [-0.39, 0.29) is 0 Å². The molecule has 0 radical (unpaired) electrons. The third-order valence-corrected chi connectivity index (χ3v) is 3.59. The summed E-state index contributed by atoms with van der Waals surface area (Å²) in [5.74, 6) is 0. The molecule has 2 aliphatic rings. The highest BCUT2D eigenvalue weighted by atomic mass is 16.5. The van der Waals surface area contributed by atoms with Crippen molar-refractivity contribution in [1.82, 2.24) is 4.90 Å². The summed E-state index contributed by atoms with van der Waals surface area (Å²) in [6.07, 6.45) is 3.78. The molecular formula is C11H21NO. The highest BCUT2D eigenvalue weighted by Gasteiger charge is 2.42. The standard InChI is InChI=1S/C11H21NO/c1-10(2,3)12-7-4-11(5-8-12)6-9-13-11/h4-9H2,1-3H3. The molecule has 13 heavy (non-hydrogen) atoms. The van der Waals surface area contributed by atoms with Gasteiger partial charge in [-0.15, -0.1) is 0 Å². The van der Waals surface area contributed by atoms with E-state index < -0.39 is 0 Å². The van der Waals surface area contributed by atoms with Gasteiger partial charge in [0.25, 0.3) is 0 Å². The highest BCUT2D eigenvalue weighted by molar-refractivity contribution is 4.94. The number of hydrogen-bond donors (Lipinski definition) is 0. The van der Waals surface area contributed by atoms with Crippen molar-refractivity contribution in [3.63, 3.8) is 0 Å². The molecule has 0 bridgehead atoms. The summed E-state index contributed by atoms with van der Waals surface area (Å²) in [6.45, 7) is 10.3. The van der Waals surface area contributed by atoms with Gasteiger partial charge in [0.05, 0.1) is 12.2 Å². The maximum Gasteiger partial charge on any atom is 0.0728 e. The molecule has 0 unspecified atom stereocenters. The van der Waals surface area contributed by atoms with E-state index in [2.05, 4.69) is 25.7 Å². The van der Waals surface area contributed by atoms with Gasteiger partial charge < -0.3 is 4.74 Å². The van der Waals surface area contributed by atoms with Gasteiger partial charge in [0.1, 0.15) is 0 Å². The second-order valence-electron chi connectivity index (χ2n) is 5.44. The maximum atomic E-state index is 5.69. The zero-order chi connectivity index (χ0) is 9.53. The SMILES string of the molecule is CC(C)(C)N1CCC2(CCO2)CC1. The van der Waals surface area contributed by atoms with Crippen LogP contribution in [0.3, 0.4) is 0 Å². The number of rotatable bonds is 0. The third-order valence-electron chi connectivity index (χ3n) is 3.59. The van der Waals surface area contributed by atoms with Gasteiger partial charge in [0.15, 0.2) is 0 Å². The van der Waals surface area contributed by atoms with Crippen LogP contribution < -0.4 is 0 Å². The lowest BCUT2D eigenvalue weighted by atomic mass is 9.83. The Labute approximate surface area is 81.3 Å². The van der Waals surface area contributed by atoms with Crippen molar-refractivity contribution in [2.75, 3.05) is 19.7 Å². The summed E-state index contributed by atoms with van der Waals surface area (Å²) in [5, 5.41) is 0. The van der Waals surface area contributed by atoms with E-state index in [1.807, 2.05) is 0 Å². The summed E-state index contributed by atoms with van der Waals surface area (Å²) in [6, 6.07) is 0. The number of hydrogen-bond acceptors (Lipinski definition) is 2. The average molecular weight is 183 g/mol. The monoisotopic (exact) mass is 183 g/mol. The Morgan fingerprint density at radius 2 is 1.62 bits per heavy atom. The van der Waals surface area contributed by atoms with Crippen LogP contribution in [0.5, 0.6) is 0 Å². The van der Waals surface area contributed by atoms with Crippen molar-refractivity contribution in [1.29, 1.82) is 0 Å². The molecule has 2 heteroatoms. The summed E-state index contributed by atoms with van der Waals surface area (Å²) in [7, 11) is 0. The minimum atomic E-state index is 0.307. The lowest BCUT2D eigenvalue weighted by Crippen LogP contribution is -2.56. The van der Waals surface area contributed by atoms with Gasteiger partial charge in [-0.3, -0.25) is 4.90 Å². The molecule has 0 amide bonds. The Hall–Kier alpha value is -0.0800. The summed E-state index contributed by atoms with van der Waals surface area (Å²) < 4.78 is 5.69. The zero-order valence-electron chi connectivity index (χ0n) is 9.10. The quantitative estimate of drug-likeness (QED) is 0.570. The molecule has 2 rings (SSSR count). The summed E-state index contributed by atoms with van der Waals surface area (Å²) >= 11 is 0. The minimum absolute atomic E-state index is 0.307. The molecule has 2 heterocycles. The molecule has 2 saturated heterocycles. The minimum Gasteiger partial charge on any atom is -0.375 e. The van der Waals surface area contributed by atoms with Crippen molar-refractivity contribution >= 4 is 0 Å². The van der Waals surface area contributed by atoms with Crippen molar-refractivity contribution in [2.24, 2.45) is 0 Å². The lowest BCUT2D eigenvalue weighted by molar-refractivity contribution is -0.178. The Morgan fingerprint density at radius 3 is 1.92 bits per heavy atom. The number of piperidine rings is 1. The first-order chi connectivity index (χ1) is 6.02. The molecule has 2 aliphatic heterocycles. The summed E-state index contributed by atoms with van der Waals surface area (Å²) in [4.78, 5) is 2.57. The molecule has 76 valence electrons. The summed E-state index contributed by atoms with van der Waals surface area (Å²) in [5.41, 5.74) is 0.646. The predicted octanol–water partition coefficient (Wildman–Crippen LogP) is 2.04. The second kappa shape index (κ2) is 2.96. The van der Waals surface area contributed by atoms with E-state index in [1.165, 1.54) is 32.4 Å². The Balaban J connectivity index is 1.89. The van der Waals surface area contributed by atoms with Crippen LogP contribution >= 0.6 is 0 Å². The Kier molecular flexibility index (Phi) is 2.16. The first-order valence-corrected chi connectivity index (χ1v) is 5.41. The van der Waals surface area contributed by atoms with Crippen LogP contribution in [0.15, 0.2) is 0 Å². The topological polar surface area (TPSA) is 12.5 Å². The van der Waals surface area contributed by atoms with Gasteiger partial charge in [-0.2, -0.15) is 0 Å². The fourth-order valence-electron chi connectivity index (χ4n) is 2.37. The molecule has 0 aromatic carbocycles. The van der Waals surface area contributed by atoms with Crippen LogP contribution in [-0.2, 0) is 4.74 Å². The number of nitrogens with zero attached hydrogens (tertiary/aromatic N) is 1. The van der Waals surface area contributed by atoms with Crippen LogP contribution in [0.2, 0.25) is 0 Å². The molecule has 0 aromatic heterocycles. The van der Waals surface area contributed by atoms with E-state index in [1.54, 1.807) is 0 Å². The normalized spacial score (nSPS) is 28.8. The van der Waals surface area contributed by atoms with Gasteiger partial charge in [0.2, 0.25) is 0 Å². The van der Waals surface area contributed by atoms with Crippen LogP contribution in [0.4, 0.5) is 0 Å². The second-order valence-corrected chi connectivity index (χ2v) is 5.44. The average Bonchev–Trinajstić information content (AvgIpc) is 2.00. The van der Waals surface area contributed by atoms with Crippen molar-refractivity contribution in [3.8, 4) is 0 Å². The molecular weight excluding hydrogens is 162 g/mol. The fourth-order valence-corrected chi connectivity index (χ4v) is 2.37. The van der Waals surface area contributed by atoms with E-state index in [9.17, 15) is 0 Å². The maximum absolute atomic E-state index is 5.69. The van der Waals surface area contributed by atoms with Crippen LogP contribution in [0.25, 0.3) is 0 Å². The van der Waals surface area contributed by atoms with Gasteiger partial charge in [-0.25, -0.2) is 0 Å². The Morgan fingerprint density at radius 1 is 1.08 bits per heavy atom. The zero-order valence-corrected chi connectivity index (χ0v) is 9.10. The molecule has 1 spiro atoms. The number of likely N-dealkylation sites (tertiary alicyclic amines) is 1. The lowest BCUT2D eigenvalue weighted by Gasteiger charge is -2.50. The van der Waals surface area contributed by atoms with E-state index in [4.69, 9.17) is 4.74 Å². The molecule has 0 aromatic rings.